The fourth-order valence-electron chi connectivity index (χ4n) is 11.3. The molecule has 0 fully saturated rings. The van der Waals surface area contributed by atoms with E-state index in [2.05, 4.69) is 239 Å². The van der Waals surface area contributed by atoms with Crippen molar-refractivity contribution in [3.8, 4) is 11.1 Å². The molecule has 0 spiro atoms. The van der Waals surface area contributed by atoms with Crippen LogP contribution in [0.4, 0.5) is 17.1 Å². The van der Waals surface area contributed by atoms with E-state index in [1.165, 1.54) is 104 Å². The van der Waals surface area contributed by atoms with E-state index in [4.69, 9.17) is 0 Å². The Bertz CT molecular complexity index is 3480. The minimum Gasteiger partial charge on any atom is -0.334 e. The fraction of sp³-hybridized carbons (Fsp3) is 0.242. The first-order valence-electron chi connectivity index (χ1n) is 25.1. The van der Waals surface area contributed by atoms with E-state index in [-0.39, 0.29) is 16.9 Å². The Hall–Kier alpha value is -6.90. The summed E-state index contributed by atoms with van der Waals surface area (Å²) in [5, 5.41) is 10.5. The Kier molecular flexibility index (Phi) is 11.3. The first kappa shape index (κ1) is 43.7. The summed E-state index contributed by atoms with van der Waals surface area (Å²) in [6, 6.07) is 51.2. The normalized spacial score (nSPS) is 16.8. The summed E-state index contributed by atoms with van der Waals surface area (Å²) < 4.78 is 0. The molecule has 4 aliphatic rings. The van der Waals surface area contributed by atoms with Gasteiger partial charge in [-0.3, -0.25) is 0 Å². The lowest BCUT2D eigenvalue weighted by atomic mass is 9.81. The Balaban J connectivity index is 1.24. The molecule has 0 bridgehead atoms. The molecule has 7 aromatic rings. The van der Waals surface area contributed by atoms with E-state index in [9.17, 15) is 0 Å². The third-order valence-electron chi connectivity index (χ3n) is 14.8. The highest BCUT2D eigenvalue weighted by molar-refractivity contribution is 6.10. The Morgan fingerprint density at radius 2 is 1.13 bits per heavy atom. The van der Waals surface area contributed by atoms with Gasteiger partial charge in [0.05, 0.1) is 6.04 Å². The molecule has 0 aromatic heterocycles. The van der Waals surface area contributed by atoms with Crippen molar-refractivity contribution in [2.24, 2.45) is 0 Å². The molecule has 1 unspecified atom stereocenters. The maximum Gasteiger partial charge on any atom is 0.0566 e. The lowest BCUT2D eigenvalue weighted by Gasteiger charge is -2.35. The van der Waals surface area contributed by atoms with Crippen LogP contribution in [-0.2, 0) is 10.8 Å². The predicted molar refractivity (Wildman–Crippen MR) is 293 cm³/mol. The van der Waals surface area contributed by atoms with Gasteiger partial charge in [0.15, 0.2) is 0 Å². The molecular weight excluding hydrogens is 821 g/mol. The van der Waals surface area contributed by atoms with Crippen LogP contribution < -0.4 is 30.7 Å². The van der Waals surface area contributed by atoms with Crippen LogP contribution in [0.5, 0.6) is 0 Å². The summed E-state index contributed by atoms with van der Waals surface area (Å²) in [5.41, 5.74) is 14.3. The van der Waals surface area contributed by atoms with Crippen LogP contribution in [0, 0.1) is 0 Å². The highest BCUT2D eigenvalue weighted by Crippen LogP contribution is 2.41. The number of fused-ring (bicyclic) bond motifs is 4. The van der Waals surface area contributed by atoms with Gasteiger partial charge in [-0.15, -0.1) is 0 Å². The van der Waals surface area contributed by atoms with E-state index in [0.717, 1.165) is 44.9 Å². The van der Waals surface area contributed by atoms with Crippen molar-refractivity contribution in [2.45, 2.75) is 103 Å². The molecule has 0 heterocycles. The fourth-order valence-corrected chi connectivity index (χ4v) is 11.3. The quantitative estimate of drug-likeness (QED) is 0.150. The van der Waals surface area contributed by atoms with E-state index in [0.29, 0.717) is 0 Å². The average Bonchev–Trinajstić information content (AvgIpc) is 3.36. The van der Waals surface area contributed by atoms with Gasteiger partial charge in [0.2, 0.25) is 0 Å². The molecule has 0 aliphatic heterocycles. The standard InChI is InChI=1S/C66H64N2/c1-65(2,3)47-31-35-51(36-32-47)67(49-23-9-7-10-24-49)53-39-41-59-61(43-53)63(57-29-17-21-45-19-13-15-27-55(45)57)60-42-40-54(44-62(60)64(59)58-30-18-22-46-20-14-16-28-56(46)58)68(50-25-11-8-12-26-50)52-37-33-48(34-38-52)66(4,5)6/h9,11,13-17,19-29,31-39,41-44,54H,7-8,10,12,18,30,40H2,1-6H3. The molecular formula is C66H64N2. The molecule has 0 saturated carbocycles. The van der Waals surface area contributed by atoms with Crippen LogP contribution in [0.2, 0.25) is 0 Å². The zero-order valence-corrected chi connectivity index (χ0v) is 40.8. The summed E-state index contributed by atoms with van der Waals surface area (Å²) in [6.07, 6.45) is 29.0. The van der Waals surface area contributed by atoms with Crippen LogP contribution >= 0.6 is 0 Å². The Morgan fingerprint density at radius 1 is 0.485 bits per heavy atom. The zero-order valence-electron chi connectivity index (χ0n) is 40.8. The highest BCUT2D eigenvalue weighted by atomic mass is 15.2. The number of hydrogen-bond donors (Lipinski definition) is 0. The van der Waals surface area contributed by atoms with Crippen LogP contribution in [-0.4, -0.2) is 6.04 Å². The molecule has 0 amide bonds. The molecule has 11 rings (SSSR count). The second-order valence-corrected chi connectivity index (χ2v) is 21.3. The van der Waals surface area contributed by atoms with Crippen molar-refractivity contribution in [1.82, 2.24) is 0 Å². The van der Waals surface area contributed by atoms with Crippen molar-refractivity contribution >= 4 is 62.4 Å². The Labute approximate surface area is 403 Å². The van der Waals surface area contributed by atoms with Crippen molar-refractivity contribution in [2.75, 3.05) is 9.80 Å². The van der Waals surface area contributed by atoms with E-state index < -0.39 is 0 Å². The second kappa shape index (κ2) is 17.6. The van der Waals surface area contributed by atoms with Gasteiger partial charge in [-0.1, -0.05) is 181 Å². The van der Waals surface area contributed by atoms with Gasteiger partial charge in [0.25, 0.3) is 0 Å². The number of benzene rings is 7. The van der Waals surface area contributed by atoms with Gasteiger partial charge < -0.3 is 9.80 Å². The molecule has 0 saturated heterocycles. The van der Waals surface area contributed by atoms with Gasteiger partial charge in [0.1, 0.15) is 0 Å². The van der Waals surface area contributed by atoms with Gasteiger partial charge in [-0.05, 0) is 180 Å². The van der Waals surface area contributed by atoms with Crippen molar-refractivity contribution in [3.63, 3.8) is 0 Å². The molecule has 338 valence electrons. The molecule has 2 nitrogen and oxygen atoms in total. The number of hydrogen-bond acceptors (Lipinski definition) is 2. The van der Waals surface area contributed by atoms with Crippen molar-refractivity contribution in [1.29, 1.82) is 0 Å². The largest absolute Gasteiger partial charge is 0.334 e. The average molecular weight is 885 g/mol. The molecule has 0 radical (unpaired) electrons. The number of allylic oxidation sites excluding steroid dienone is 6. The van der Waals surface area contributed by atoms with E-state index in [1.807, 2.05) is 0 Å². The maximum atomic E-state index is 2.66. The van der Waals surface area contributed by atoms with Crippen LogP contribution in [0.25, 0.3) is 56.5 Å². The maximum absolute atomic E-state index is 2.66. The predicted octanol–water partition coefficient (Wildman–Crippen LogP) is 14.5. The third-order valence-corrected chi connectivity index (χ3v) is 14.8. The Morgan fingerprint density at radius 3 is 1.84 bits per heavy atom. The second-order valence-electron chi connectivity index (χ2n) is 21.3. The summed E-state index contributed by atoms with van der Waals surface area (Å²) >= 11 is 0. The zero-order chi connectivity index (χ0) is 46.6. The van der Waals surface area contributed by atoms with Crippen molar-refractivity contribution < 1.29 is 0 Å². The molecule has 7 aromatic carbocycles. The number of anilines is 3. The molecule has 68 heavy (non-hydrogen) atoms. The molecule has 1 atom stereocenters. The van der Waals surface area contributed by atoms with E-state index in [1.54, 1.807) is 0 Å². The summed E-state index contributed by atoms with van der Waals surface area (Å²) in [6.45, 7) is 13.8. The topological polar surface area (TPSA) is 6.48 Å². The smallest absolute Gasteiger partial charge is 0.0566 e. The van der Waals surface area contributed by atoms with Crippen LogP contribution in [0.3, 0.4) is 0 Å². The number of nitrogens with zero attached hydrogens (tertiary/aromatic N) is 2. The monoisotopic (exact) mass is 885 g/mol. The summed E-state index contributed by atoms with van der Waals surface area (Å²) in [5.74, 6) is 0. The SMILES string of the molecule is CC(C)(C)c1ccc(N(C2=CCCC=C2)c2ccc3c(C4=c5ccccc5=CCC4)c4c(c(-c5cccc6ccccc56)c3c2)=CCC(N(C2=CCCC=C2)c2ccc(C(C)(C)C)cc2)C=4)cc1. The van der Waals surface area contributed by atoms with Crippen molar-refractivity contribution in [3.05, 3.63) is 219 Å². The first-order chi connectivity index (χ1) is 33.0. The van der Waals surface area contributed by atoms with Crippen LogP contribution in [0.15, 0.2) is 181 Å². The lowest BCUT2D eigenvalue weighted by molar-refractivity contribution is 0.590. The van der Waals surface area contributed by atoms with E-state index >= 15 is 0 Å². The molecule has 2 heteroatoms. The van der Waals surface area contributed by atoms with Gasteiger partial charge in [-0.25, -0.2) is 0 Å². The molecule has 4 aliphatic carbocycles. The minimum atomic E-state index is 0.0663. The van der Waals surface area contributed by atoms with Gasteiger partial charge in [0, 0.05) is 28.5 Å². The van der Waals surface area contributed by atoms with Gasteiger partial charge >= 0.3 is 0 Å². The molecule has 0 N–H and O–H groups in total. The summed E-state index contributed by atoms with van der Waals surface area (Å²) in [7, 11) is 0. The van der Waals surface area contributed by atoms with Crippen LogP contribution in [0.1, 0.15) is 103 Å². The lowest BCUT2D eigenvalue weighted by Crippen LogP contribution is -2.43. The minimum absolute atomic E-state index is 0.0663. The van der Waals surface area contributed by atoms with Gasteiger partial charge in [-0.2, -0.15) is 0 Å². The summed E-state index contributed by atoms with van der Waals surface area (Å²) in [4.78, 5) is 5.11. The first-order valence-corrected chi connectivity index (χ1v) is 25.1. The number of rotatable bonds is 8. The third kappa shape index (κ3) is 8.08. The highest BCUT2D eigenvalue weighted by Gasteiger charge is 2.28.